The first-order valence-electron chi connectivity index (χ1n) is 49.3. The maximum atomic E-state index is 6.65. The van der Waals surface area contributed by atoms with Gasteiger partial charge in [0, 0.05) is 172 Å². The van der Waals surface area contributed by atoms with Gasteiger partial charge in [-0.05, 0) is 225 Å². The Morgan fingerprint density at radius 2 is 0.662 bits per heavy atom. The predicted octanol–water partition coefficient (Wildman–Crippen LogP) is 39.6. The highest BCUT2D eigenvalue weighted by Crippen LogP contribution is 2.55. The van der Waals surface area contributed by atoms with Crippen LogP contribution in [0.2, 0.25) is 0 Å². The topological polar surface area (TPSA) is 71.1 Å². The van der Waals surface area contributed by atoms with Crippen LogP contribution in [0.5, 0.6) is 0 Å². The van der Waals surface area contributed by atoms with E-state index >= 15 is 0 Å². The number of hydrogen-bond donors (Lipinski definition) is 4. The lowest BCUT2D eigenvalue weighted by Crippen LogP contribution is -2.16. The summed E-state index contributed by atoms with van der Waals surface area (Å²) in [6.45, 7) is 4.71. The van der Waals surface area contributed by atoms with Crippen molar-refractivity contribution in [2.45, 2.75) is 19.3 Å². The smallest absolute Gasteiger partial charge is 0.143 e. The first kappa shape index (κ1) is 87.4. The summed E-state index contributed by atoms with van der Waals surface area (Å²) in [5.41, 5.74) is 35.2. The van der Waals surface area contributed by atoms with Crippen molar-refractivity contribution in [1.82, 2.24) is 9.13 Å². The minimum absolute atomic E-state index is 0.0945. The maximum Gasteiger partial charge on any atom is 0.143 e. The van der Waals surface area contributed by atoms with Crippen LogP contribution >= 0.6 is 34.0 Å². The minimum atomic E-state index is -0.0945. The van der Waals surface area contributed by atoms with E-state index in [2.05, 4.69) is 536 Å². The number of aromatic nitrogens is 2. The minimum Gasteiger partial charge on any atom is -0.455 e. The van der Waals surface area contributed by atoms with Gasteiger partial charge in [-0.15, -0.1) is 34.0 Å². The number of benzene rings is 22. The second kappa shape index (κ2) is 37.3. The first-order chi connectivity index (χ1) is 71.7. The molecule has 0 saturated carbocycles. The molecule has 0 atom stereocenters. The van der Waals surface area contributed by atoms with Gasteiger partial charge >= 0.3 is 0 Å². The van der Waals surface area contributed by atoms with Gasteiger partial charge in [0.15, 0.2) is 0 Å². The molecule has 688 valence electrons. The van der Waals surface area contributed by atoms with Gasteiger partial charge in [0.25, 0.3) is 0 Å². The number of nitrogens with zero attached hydrogens (tertiary/aromatic N) is 2. The van der Waals surface area contributed by atoms with Gasteiger partial charge in [-0.2, -0.15) is 0 Å². The fourth-order valence-corrected chi connectivity index (χ4v) is 25.6. The molecule has 1 aliphatic carbocycles. The summed E-state index contributed by atoms with van der Waals surface area (Å²) >= 11 is 5.59. The van der Waals surface area contributed by atoms with Crippen LogP contribution < -0.4 is 21.3 Å². The molecule has 0 spiro atoms. The predicted molar refractivity (Wildman–Crippen MR) is 624 cm³/mol. The van der Waals surface area contributed by atoms with E-state index in [1.807, 2.05) is 52.2 Å². The fraction of sp³-hybridized carbons (Fsp3) is 0.0222. The number of anilines is 8. The van der Waals surface area contributed by atoms with Crippen molar-refractivity contribution < 1.29 is 4.42 Å². The number of rotatable bonds is 15. The second-order valence-corrected chi connectivity index (χ2v) is 40.7. The summed E-state index contributed by atoms with van der Waals surface area (Å²) in [6, 6.07) is 182. The molecular weight excluding hydrogens is 1820 g/mol. The largest absolute Gasteiger partial charge is 0.455 e. The molecular formula is C135H94N6OS3. The van der Waals surface area contributed by atoms with Crippen molar-refractivity contribution in [3.63, 3.8) is 0 Å². The molecule has 0 aliphatic heterocycles. The van der Waals surface area contributed by atoms with Gasteiger partial charge in [0.1, 0.15) is 11.2 Å². The van der Waals surface area contributed by atoms with Gasteiger partial charge in [-0.25, -0.2) is 0 Å². The average Bonchev–Trinajstić information content (AvgIpc) is 1.64. The van der Waals surface area contributed by atoms with Gasteiger partial charge < -0.3 is 34.8 Å². The SMILES string of the molecule is CC1(C)c2ccccc2-c2cccc(-c3cccc(Nc4cc(-c5ccc6c(c5)c5ccccc5n6-c5ccccc5)c5oc6ccccc6c5c4)c3)c21.c1ccc(-c2c(Nc3ccc4c(c3)c3ccccc3n4-c3ccccc3)ccc3sc4ccccc4c23)cc1.c1ccc(Nc2ccc(-c3ccccc3)c3sc4ccccc4c23)cc1.c1ccc(Nc2ccc3c(sc4ccccc43)c2-c2ccccc2)cc1. The van der Waals surface area contributed by atoms with Crippen LogP contribution in [0.25, 0.3) is 204 Å². The zero-order valence-corrected chi connectivity index (χ0v) is 82.0. The van der Waals surface area contributed by atoms with Crippen molar-refractivity contribution >= 4 is 206 Å². The molecule has 4 N–H and O–H groups in total. The highest BCUT2D eigenvalue weighted by atomic mass is 32.1. The standard InChI is InChI=1S/C51H36N2O.C36H24N2S.2C24H17NS/c1-51(2)45-23-9-6-18-38(45)41-22-13-21-37(49(41)51)32-14-12-15-34(28-32)52-35-30-42(50-44(31-35)40-20-8-11-25-48(40)54-50)33-26-27-47-43(29-33)39-19-7-10-24-46(39)53(47)36-16-4-3-5-17-36;1-3-11-24(12-4-1)35-30(20-22-34-36(35)28-16-8-10-18-33(28)39-34)37-25-19-21-32-29(23-25)27-15-7-9-17-31(27)38(32)26-13-5-2-6-14-26;1-3-9-17(10-4-1)19-15-16-21(25-18-11-5-2-6-12-18)23-20-13-7-8-14-22(20)26-24(19)23;1-3-9-17(10-4-1)23-21(25-18-11-5-2-6-12-18)16-15-20-19-13-7-8-14-22(19)26-24(20)23/h3-31,52H,1-2H3;1-23,37H;2*1-16,25H. The molecule has 0 unspecified atom stereocenters. The van der Waals surface area contributed by atoms with E-state index in [1.165, 1.54) is 177 Å². The highest BCUT2D eigenvalue weighted by Gasteiger charge is 2.38. The fourth-order valence-electron chi connectivity index (χ4n) is 21.9. The molecule has 10 heteroatoms. The quantitative estimate of drug-likeness (QED) is 0.0823. The van der Waals surface area contributed by atoms with Crippen LogP contribution in [0.3, 0.4) is 0 Å². The lowest BCUT2D eigenvalue weighted by Gasteiger charge is -2.24. The van der Waals surface area contributed by atoms with Crippen LogP contribution in [0, 0.1) is 0 Å². The zero-order valence-electron chi connectivity index (χ0n) is 79.5. The lowest BCUT2D eigenvalue weighted by atomic mass is 9.79. The molecule has 0 radical (unpaired) electrons. The lowest BCUT2D eigenvalue weighted by molar-refractivity contribution is 0.662. The molecule has 6 aromatic heterocycles. The van der Waals surface area contributed by atoms with Gasteiger partial charge in [-0.3, -0.25) is 0 Å². The van der Waals surface area contributed by atoms with E-state index < -0.39 is 0 Å². The Morgan fingerprint density at radius 3 is 1.33 bits per heavy atom. The van der Waals surface area contributed by atoms with Crippen molar-refractivity contribution in [2.75, 3.05) is 21.3 Å². The number of furan rings is 1. The average molecular weight is 1910 g/mol. The molecule has 1 aliphatic rings. The Morgan fingerprint density at radius 1 is 0.221 bits per heavy atom. The zero-order chi connectivity index (χ0) is 96.4. The molecule has 0 saturated heterocycles. The number of thiophene rings is 3. The van der Waals surface area contributed by atoms with E-state index in [1.54, 1.807) is 0 Å². The molecule has 7 nitrogen and oxygen atoms in total. The summed E-state index contributed by atoms with van der Waals surface area (Å²) in [5.74, 6) is 0. The Bertz CT molecular complexity index is 9790. The van der Waals surface area contributed by atoms with E-state index in [9.17, 15) is 0 Å². The van der Waals surface area contributed by atoms with E-state index in [-0.39, 0.29) is 5.41 Å². The Balaban J connectivity index is 0.000000103. The monoisotopic (exact) mass is 1910 g/mol. The summed E-state index contributed by atoms with van der Waals surface area (Å²) in [7, 11) is 0. The van der Waals surface area contributed by atoms with E-state index in [0.29, 0.717) is 0 Å². The number of fused-ring (bicyclic) bond motifs is 21. The molecule has 28 aromatic rings. The van der Waals surface area contributed by atoms with E-state index in [0.717, 1.165) is 84.3 Å². The Kier molecular flexibility index (Phi) is 22.5. The van der Waals surface area contributed by atoms with Crippen molar-refractivity contribution in [3.05, 3.63) is 521 Å². The molecule has 6 heterocycles. The van der Waals surface area contributed by atoms with Gasteiger partial charge in [0.05, 0.1) is 22.1 Å². The molecule has 0 fully saturated rings. The molecule has 0 bridgehead atoms. The van der Waals surface area contributed by atoms with Gasteiger partial charge in [0.2, 0.25) is 0 Å². The van der Waals surface area contributed by atoms with Crippen LogP contribution in [0.4, 0.5) is 45.5 Å². The molecule has 145 heavy (non-hydrogen) atoms. The number of hydrogen-bond acceptors (Lipinski definition) is 8. The normalized spacial score (nSPS) is 12.0. The summed E-state index contributed by atoms with van der Waals surface area (Å²) in [6.07, 6.45) is 0. The third kappa shape index (κ3) is 16.0. The third-order valence-electron chi connectivity index (χ3n) is 28.4. The summed E-state index contributed by atoms with van der Waals surface area (Å²) in [4.78, 5) is 0. The third-order valence-corrected chi connectivity index (χ3v) is 32.0. The van der Waals surface area contributed by atoms with Crippen LogP contribution in [-0.4, -0.2) is 9.13 Å². The first-order valence-corrected chi connectivity index (χ1v) is 51.8. The summed E-state index contributed by atoms with van der Waals surface area (Å²) < 4.78 is 19.3. The Hall–Kier alpha value is -17.9. The highest BCUT2D eigenvalue weighted by molar-refractivity contribution is 7.27. The second-order valence-electron chi connectivity index (χ2n) is 37.5. The van der Waals surface area contributed by atoms with Gasteiger partial charge in [-0.1, -0.05) is 360 Å². The van der Waals surface area contributed by atoms with Crippen LogP contribution in [0.15, 0.2) is 514 Å². The number of para-hydroxylation sites is 7. The molecule has 0 amide bonds. The van der Waals surface area contributed by atoms with Crippen molar-refractivity contribution in [3.8, 4) is 78.1 Å². The van der Waals surface area contributed by atoms with Crippen molar-refractivity contribution in [1.29, 1.82) is 0 Å². The van der Waals surface area contributed by atoms with Crippen LogP contribution in [-0.2, 0) is 5.41 Å². The molecule has 29 rings (SSSR count). The maximum absolute atomic E-state index is 6.65. The number of nitrogens with one attached hydrogen (secondary N) is 4. The van der Waals surface area contributed by atoms with Crippen molar-refractivity contribution in [2.24, 2.45) is 0 Å². The van der Waals surface area contributed by atoms with Crippen LogP contribution in [0.1, 0.15) is 25.0 Å². The summed E-state index contributed by atoms with van der Waals surface area (Å²) in [5, 5.41) is 29.9. The molecule has 22 aromatic carbocycles. The van der Waals surface area contributed by atoms with E-state index in [4.69, 9.17) is 4.42 Å². The Labute approximate surface area is 851 Å².